The maximum Gasteiger partial charge on any atom is 0.232 e. The minimum absolute atomic E-state index is 0.00614. The average Bonchev–Trinajstić information content (AvgIpc) is 2.98. The minimum atomic E-state index is -1.88. The van der Waals surface area contributed by atoms with Crippen molar-refractivity contribution in [2.24, 2.45) is 28.6 Å². The van der Waals surface area contributed by atoms with E-state index in [9.17, 15) is 14.7 Å². The quantitative estimate of drug-likeness (QED) is 0.334. The van der Waals surface area contributed by atoms with Crippen molar-refractivity contribution < 1.29 is 19.1 Å². The van der Waals surface area contributed by atoms with Gasteiger partial charge in [0.2, 0.25) is 11.8 Å². The molecule has 1 heterocycles. The highest BCUT2D eigenvalue weighted by molar-refractivity contribution is 6.74. The fraction of sp³-hybridized carbons (Fsp3) is 0.846. The van der Waals surface area contributed by atoms with Gasteiger partial charge in [0, 0.05) is 6.42 Å². The van der Waals surface area contributed by atoms with Crippen LogP contribution in [0.15, 0.2) is 12.2 Å². The zero-order valence-electron chi connectivity index (χ0n) is 21.5. The Kier molecular flexibility index (Phi) is 6.69. The van der Waals surface area contributed by atoms with E-state index < -0.39 is 20.3 Å². The highest BCUT2D eigenvalue weighted by Crippen LogP contribution is 2.63. The number of hydrogen-bond acceptors (Lipinski definition) is 4. The molecule has 0 aromatic rings. The number of amides is 2. The van der Waals surface area contributed by atoms with Crippen LogP contribution in [-0.2, 0) is 14.0 Å². The Morgan fingerprint density at radius 2 is 1.84 bits per heavy atom. The van der Waals surface area contributed by atoms with Crippen LogP contribution in [0.1, 0.15) is 80.1 Å². The van der Waals surface area contributed by atoms with E-state index in [1.54, 1.807) is 0 Å². The summed E-state index contributed by atoms with van der Waals surface area (Å²) >= 11 is 0. The molecule has 6 atom stereocenters. The summed E-state index contributed by atoms with van der Waals surface area (Å²) in [7, 11) is -1.88. The molecule has 32 heavy (non-hydrogen) atoms. The van der Waals surface area contributed by atoms with Crippen LogP contribution >= 0.6 is 0 Å². The van der Waals surface area contributed by atoms with Crippen molar-refractivity contribution in [3.8, 4) is 0 Å². The molecule has 0 aromatic carbocycles. The Bertz CT molecular complexity index is 783. The summed E-state index contributed by atoms with van der Waals surface area (Å²) in [6, 6.07) is 0. The Labute approximate surface area is 195 Å². The fourth-order valence-corrected chi connectivity index (χ4v) is 8.11. The highest BCUT2D eigenvalue weighted by Gasteiger charge is 2.58. The van der Waals surface area contributed by atoms with Gasteiger partial charge >= 0.3 is 0 Å². The molecule has 5 nitrogen and oxygen atoms in total. The molecule has 0 aromatic heterocycles. The van der Waals surface area contributed by atoms with Gasteiger partial charge in [0.05, 0.1) is 18.1 Å². The predicted molar refractivity (Wildman–Crippen MR) is 130 cm³/mol. The number of hydrogen-bond donors (Lipinski definition) is 2. The van der Waals surface area contributed by atoms with Crippen LogP contribution in [0, 0.1) is 28.6 Å². The number of aliphatic hydroxyl groups is 1. The van der Waals surface area contributed by atoms with E-state index >= 15 is 0 Å². The zero-order chi connectivity index (χ0) is 24.3. The van der Waals surface area contributed by atoms with Crippen LogP contribution in [0.25, 0.3) is 0 Å². The summed E-state index contributed by atoms with van der Waals surface area (Å²) in [5.74, 6) is -0.647. The number of fused-ring (bicyclic) bond motifs is 1. The number of allylic oxidation sites excluding steroid dienone is 1. The molecule has 3 aliphatic rings. The van der Waals surface area contributed by atoms with Gasteiger partial charge in [0.25, 0.3) is 0 Å². The third kappa shape index (κ3) is 4.39. The number of aliphatic hydroxyl groups excluding tert-OH is 1. The normalized spacial score (nSPS) is 36.6. The molecule has 6 heteroatoms. The molecule has 0 unspecified atom stereocenters. The molecule has 0 radical (unpaired) electrons. The smallest absolute Gasteiger partial charge is 0.232 e. The van der Waals surface area contributed by atoms with E-state index in [0.717, 1.165) is 25.7 Å². The largest absolute Gasteiger partial charge is 0.413 e. The van der Waals surface area contributed by atoms with Crippen LogP contribution in [0.2, 0.25) is 18.1 Å². The second-order valence-corrected chi connectivity index (χ2v) is 17.8. The van der Waals surface area contributed by atoms with Crippen LogP contribution < -0.4 is 5.32 Å². The van der Waals surface area contributed by atoms with Crippen molar-refractivity contribution in [1.29, 1.82) is 0 Å². The van der Waals surface area contributed by atoms with E-state index in [1.807, 2.05) is 0 Å². The lowest BCUT2D eigenvalue weighted by Crippen LogP contribution is -2.58. The average molecular weight is 464 g/mol. The van der Waals surface area contributed by atoms with Gasteiger partial charge < -0.3 is 9.53 Å². The highest BCUT2D eigenvalue weighted by atomic mass is 28.4. The van der Waals surface area contributed by atoms with E-state index in [4.69, 9.17) is 4.43 Å². The first-order valence-electron chi connectivity index (χ1n) is 12.4. The summed E-state index contributed by atoms with van der Waals surface area (Å²) in [6.45, 7) is 23.1. The molecular weight excluding hydrogens is 418 g/mol. The van der Waals surface area contributed by atoms with Crippen LogP contribution in [0.4, 0.5) is 0 Å². The summed E-state index contributed by atoms with van der Waals surface area (Å²) in [5.41, 5.74) is 1.21. The summed E-state index contributed by atoms with van der Waals surface area (Å²) in [4.78, 5) is 23.8. The van der Waals surface area contributed by atoms with Gasteiger partial charge in [-0.05, 0) is 72.9 Å². The van der Waals surface area contributed by atoms with Gasteiger partial charge in [-0.3, -0.25) is 14.9 Å². The number of nitrogens with one attached hydrogen (secondary N) is 1. The number of imide groups is 1. The molecule has 3 fully saturated rings. The van der Waals surface area contributed by atoms with Crippen LogP contribution in [0.5, 0.6) is 0 Å². The number of rotatable bonds is 5. The Hall–Kier alpha value is -0.983. The van der Waals surface area contributed by atoms with Crippen molar-refractivity contribution in [3.05, 3.63) is 12.2 Å². The molecule has 2 saturated carbocycles. The molecule has 0 spiro atoms. The first-order valence-corrected chi connectivity index (χ1v) is 15.3. The molecule has 0 bridgehead atoms. The van der Waals surface area contributed by atoms with E-state index in [0.29, 0.717) is 12.3 Å². The number of carbonyl (C=O) groups excluding carboxylic acids is 2. The van der Waals surface area contributed by atoms with Crippen molar-refractivity contribution in [2.75, 3.05) is 0 Å². The first-order chi connectivity index (χ1) is 14.5. The third-order valence-electron chi connectivity index (χ3n) is 9.70. The van der Waals surface area contributed by atoms with Crippen LogP contribution in [-0.4, -0.2) is 37.4 Å². The van der Waals surface area contributed by atoms with Gasteiger partial charge in [-0.25, -0.2) is 0 Å². The van der Waals surface area contributed by atoms with Crippen LogP contribution in [0.3, 0.4) is 0 Å². The Morgan fingerprint density at radius 3 is 2.38 bits per heavy atom. The van der Waals surface area contributed by atoms with E-state index in [-0.39, 0.29) is 46.1 Å². The van der Waals surface area contributed by atoms with Gasteiger partial charge in [-0.1, -0.05) is 53.7 Å². The molecule has 1 aliphatic heterocycles. The van der Waals surface area contributed by atoms with Gasteiger partial charge in [-0.15, -0.1) is 0 Å². The maximum atomic E-state index is 12.1. The van der Waals surface area contributed by atoms with Crippen molar-refractivity contribution in [3.63, 3.8) is 0 Å². The monoisotopic (exact) mass is 463 g/mol. The Morgan fingerprint density at radius 1 is 1.22 bits per heavy atom. The van der Waals surface area contributed by atoms with Crippen molar-refractivity contribution >= 4 is 20.1 Å². The van der Waals surface area contributed by atoms with Gasteiger partial charge in [-0.2, -0.15) is 0 Å². The predicted octanol–water partition coefficient (Wildman–Crippen LogP) is 5.20. The Balaban J connectivity index is 1.82. The van der Waals surface area contributed by atoms with E-state index in [2.05, 4.69) is 66.5 Å². The maximum absolute atomic E-state index is 12.1. The first kappa shape index (κ1) is 25.6. The molecule has 2 amide bonds. The third-order valence-corrected chi connectivity index (χ3v) is 14.2. The lowest BCUT2D eigenvalue weighted by molar-refractivity contribution is -0.132. The van der Waals surface area contributed by atoms with Gasteiger partial charge in [0.15, 0.2) is 8.32 Å². The summed E-state index contributed by atoms with van der Waals surface area (Å²) < 4.78 is 6.98. The molecule has 2 N–H and O–H groups in total. The lowest BCUT2D eigenvalue weighted by Gasteiger charge is -2.61. The molecule has 1 saturated heterocycles. The second kappa shape index (κ2) is 8.35. The molecular formula is C26H45NO4Si. The van der Waals surface area contributed by atoms with E-state index in [1.165, 1.54) is 5.57 Å². The topological polar surface area (TPSA) is 75.6 Å². The molecule has 3 rings (SSSR count). The number of carbonyl (C=O) groups is 2. The lowest BCUT2D eigenvalue weighted by atomic mass is 9.46. The summed E-state index contributed by atoms with van der Waals surface area (Å²) in [6.07, 6.45) is 4.09. The van der Waals surface area contributed by atoms with Crippen molar-refractivity contribution in [2.45, 2.75) is 110 Å². The molecule has 2 aliphatic carbocycles. The van der Waals surface area contributed by atoms with Crippen molar-refractivity contribution in [1.82, 2.24) is 5.32 Å². The standard InChI is InChI=1S/C26H45NO4Si/c1-16-10-11-20-25(5,6)21(31-32(8,9)24(2,3)4)12-13-26(20,7)18(16)15-19(28)17-14-22(29)27-23(17)30/h17-21,28H,1,10-15H2,2-9H3,(H,27,29,30)/t17-,18+,19+,20+,21+,26-/m1/s1. The van der Waals surface area contributed by atoms with Gasteiger partial charge in [0.1, 0.15) is 0 Å². The SMILES string of the molecule is C=C1CC[C@H]2C(C)(C)[C@@H](O[Si](C)(C)C(C)(C)C)CC[C@]2(C)[C@H]1C[C@H](O)[C@H]1CC(=O)NC1=O. The molecule has 182 valence electrons. The fourth-order valence-electron chi connectivity index (χ4n) is 6.62. The zero-order valence-corrected chi connectivity index (χ0v) is 22.5. The summed E-state index contributed by atoms with van der Waals surface area (Å²) in [5, 5.41) is 13.5. The minimum Gasteiger partial charge on any atom is -0.413 e. The second-order valence-electron chi connectivity index (χ2n) is 13.1.